The van der Waals surface area contributed by atoms with Gasteiger partial charge in [0.1, 0.15) is 5.52 Å². The Kier molecular flexibility index (Phi) is 4.72. The minimum atomic E-state index is -0.0973. The highest BCUT2D eigenvalue weighted by Crippen LogP contribution is 2.26. The number of carbonyl (C=O) groups is 1. The van der Waals surface area contributed by atoms with E-state index < -0.39 is 0 Å². The molecule has 1 fully saturated rings. The molecule has 0 aliphatic carbocycles. The summed E-state index contributed by atoms with van der Waals surface area (Å²) < 4.78 is 3.43. The summed E-state index contributed by atoms with van der Waals surface area (Å²) in [5.41, 5.74) is 1.60. The lowest BCUT2D eigenvalue weighted by molar-refractivity contribution is -0.133. The Bertz CT molecular complexity index is 1050. The van der Waals surface area contributed by atoms with E-state index in [4.69, 9.17) is 0 Å². The monoisotopic (exact) mass is 366 g/mol. The van der Waals surface area contributed by atoms with Gasteiger partial charge in [-0.1, -0.05) is 25.1 Å². The fraction of sp³-hybridized carbons (Fsp3) is 0.476. The van der Waals surface area contributed by atoms with Crippen molar-refractivity contribution in [2.45, 2.75) is 39.2 Å². The van der Waals surface area contributed by atoms with Gasteiger partial charge in [-0.2, -0.15) is 5.10 Å². The Labute approximate surface area is 158 Å². The summed E-state index contributed by atoms with van der Waals surface area (Å²) in [7, 11) is 1.67. The number of aryl methyl sites for hydroxylation is 2. The predicted octanol–water partition coefficient (Wildman–Crippen LogP) is 2.93. The van der Waals surface area contributed by atoms with Crippen LogP contribution in [0.25, 0.3) is 21.8 Å². The van der Waals surface area contributed by atoms with Crippen molar-refractivity contribution in [2.24, 2.45) is 13.0 Å². The van der Waals surface area contributed by atoms with E-state index in [1.807, 2.05) is 29.2 Å². The molecule has 0 saturated carbocycles. The van der Waals surface area contributed by atoms with Crippen molar-refractivity contribution in [3.8, 4) is 0 Å². The molecule has 142 valence electrons. The molecule has 0 spiro atoms. The fourth-order valence-corrected chi connectivity index (χ4v) is 4.24. The number of amides is 1. The predicted molar refractivity (Wildman–Crippen MR) is 107 cm³/mol. The van der Waals surface area contributed by atoms with Crippen molar-refractivity contribution in [1.29, 1.82) is 0 Å². The number of carbonyl (C=O) groups excluding carboxylic acids is 1. The zero-order chi connectivity index (χ0) is 19.0. The normalized spacial score (nSPS) is 17.7. The van der Waals surface area contributed by atoms with Crippen molar-refractivity contribution in [3.05, 3.63) is 40.8 Å². The highest BCUT2D eigenvalue weighted by Gasteiger charge is 2.21. The second-order valence-electron chi connectivity index (χ2n) is 7.70. The summed E-state index contributed by atoms with van der Waals surface area (Å²) in [6.45, 7) is 4.62. The standard InChI is InChI=1S/C21H26N4O2/c1-15-7-5-11-24(14-15)19(26)10-6-12-25-18-9-4-3-8-16(18)17-13-22-23(2)21(27)20(17)25/h3-4,8-9,13,15H,5-7,10-12,14H2,1-2H3. The Balaban J connectivity index is 1.59. The number of fused-ring (bicyclic) bond motifs is 3. The molecule has 2 aromatic heterocycles. The van der Waals surface area contributed by atoms with E-state index in [9.17, 15) is 9.59 Å². The first-order chi connectivity index (χ1) is 13.1. The van der Waals surface area contributed by atoms with Gasteiger partial charge in [-0.3, -0.25) is 9.59 Å². The van der Waals surface area contributed by atoms with Gasteiger partial charge >= 0.3 is 0 Å². The number of piperidine rings is 1. The summed E-state index contributed by atoms with van der Waals surface area (Å²) in [6.07, 6.45) is 5.32. The maximum absolute atomic E-state index is 12.7. The molecule has 3 heterocycles. The van der Waals surface area contributed by atoms with Crippen molar-refractivity contribution >= 4 is 27.7 Å². The van der Waals surface area contributed by atoms with Gasteiger partial charge < -0.3 is 9.47 Å². The third-order valence-electron chi connectivity index (χ3n) is 5.65. The largest absolute Gasteiger partial charge is 0.342 e. The van der Waals surface area contributed by atoms with Crippen molar-refractivity contribution in [3.63, 3.8) is 0 Å². The van der Waals surface area contributed by atoms with Gasteiger partial charge in [0, 0.05) is 49.4 Å². The van der Waals surface area contributed by atoms with Crippen LogP contribution in [0.2, 0.25) is 0 Å². The minimum Gasteiger partial charge on any atom is -0.342 e. The summed E-state index contributed by atoms with van der Waals surface area (Å²) in [5, 5.41) is 6.09. The molecule has 1 amide bonds. The first-order valence-electron chi connectivity index (χ1n) is 9.77. The first-order valence-corrected chi connectivity index (χ1v) is 9.77. The number of benzene rings is 1. The van der Waals surface area contributed by atoms with Crippen molar-refractivity contribution < 1.29 is 4.79 Å². The first kappa shape index (κ1) is 17.8. The van der Waals surface area contributed by atoms with Crippen LogP contribution in [0.4, 0.5) is 0 Å². The van der Waals surface area contributed by atoms with E-state index in [1.54, 1.807) is 13.2 Å². The average Bonchev–Trinajstić information content (AvgIpc) is 2.99. The molecule has 0 N–H and O–H groups in total. The maximum atomic E-state index is 12.7. The van der Waals surface area contributed by atoms with Gasteiger partial charge in [-0.05, 0) is 31.2 Å². The number of para-hydroxylation sites is 1. The smallest absolute Gasteiger partial charge is 0.291 e. The average molecular weight is 366 g/mol. The van der Waals surface area contributed by atoms with Crippen molar-refractivity contribution in [1.82, 2.24) is 19.2 Å². The summed E-state index contributed by atoms with van der Waals surface area (Å²) in [6, 6.07) is 8.01. The molecule has 1 unspecified atom stereocenters. The van der Waals surface area contributed by atoms with Gasteiger partial charge in [0.05, 0.1) is 6.20 Å². The van der Waals surface area contributed by atoms with E-state index in [2.05, 4.69) is 16.6 Å². The zero-order valence-electron chi connectivity index (χ0n) is 16.0. The lowest BCUT2D eigenvalue weighted by atomic mass is 10.00. The van der Waals surface area contributed by atoms with Gasteiger partial charge in [0.2, 0.25) is 5.91 Å². The quantitative estimate of drug-likeness (QED) is 0.713. The Morgan fingerprint density at radius 1 is 1.26 bits per heavy atom. The molecule has 1 saturated heterocycles. The van der Waals surface area contributed by atoms with Crippen LogP contribution < -0.4 is 5.56 Å². The van der Waals surface area contributed by atoms with E-state index in [-0.39, 0.29) is 11.5 Å². The molecule has 6 heteroatoms. The Morgan fingerprint density at radius 2 is 2.07 bits per heavy atom. The van der Waals surface area contributed by atoms with E-state index in [0.29, 0.717) is 24.4 Å². The van der Waals surface area contributed by atoms with Crippen LogP contribution in [-0.4, -0.2) is 38.2 Å². The molecule has 1 atom stereocenters. The zero-order valence-corrected chi connectivity index (χ0v) is 16.0. The minimum absolute atomic E-state index is 0.0973. The van der Waals surface area contributed by atoms with Crippen LogP contribution in [0.5, 0.6) is 0 Å². The van der Waals surface area contributed by atoms with Crippen LogP contribution >= 0.6 is 0 Å². The third kappa shape index (κ3) is 3.24. The van der Waals surface area contributed by atoms with Crippen LogP contribution in [0.3, 0.4) is 0 Å². The van der Waals surface area contributed by atoms with Crippen LogP contribution in [-0.2, 0) is 18.4 Å². The number of hydrogen-bond acceptors (Lipinski definition) is 3. The van der Waals surface area contributed by atoms with Crippen LogP contribution in [0, 0.1) is 5.92 Å². The molecular formula is C21H26N4O2. The maximum Gasteiger partial charge on any atom is 0.291 e. The highest BCUT2D eigenvalue weighted by molar-refractivity contribution is 6.07. The Morgan fingerprint density at radius 3 is 2.89 bits per heavy atom. The second-order valence-corrected chi connectivity index (χ2v) is 7.70. The molecule has 1 aliphatic rings. The lowest BCUT2D eigenvalue weighted by Crippen LogP contribution is -2.39. The Hall–Kier alpha value is -2.63. The summed E-state index contributed by atoms with van der Waals surface area (Å²) in [4.78, 5) is 27.3. The lowest BCUT2D eigenvalue weighted by Gasteiger charge is -2.31. The fourth-order valence-electron chi connectivity index (χ4n) is 4.24. The molecule has 0 bridgehead atoms. The number of aromatic nitrogens is 3. The SMILES string of the molecule is CC1CCCN(C(=O)CCCn2c3ccccc3c3cnn(C)c(=O)c32)C1. The topological polar surface area (TPSA) is 60.1 Å². The second kappa shape index (κ2) is 7.18. The molecule has 0 radical (unpaired) electrons. The number of hydrogen-bond donors (Lipinski definition) is 0. The molecular weight excluding hydrogens is 340 g/mol. The van der Waals surface area contributed by atoms with E-state index in [1.165, 1.54) is 11.1 Å². The van der Waals surface area contributed by atoms with Crippen LogP contribution in [0.15, 0.2) is 35.3 Å². The summed E-state index contributed by atoms with van der Waals surface area (Å²) >= 11 is 0. The number of nitrogens with zero attached hydrogens (tertiary/aromatic N) is 4. The number of likely N-dealkylation sites (tertiary alicyclic amines) is 1. The molecule has 1 aromatic carbocycles. The highest BCUT2D eigenvalue weighted by atomic mass is 16.2. The van der Waals surface area contributed by atoms with E-state index >= 15 is 0 Å². The van der Waals surface area contributed by atoms with Gasteiger partial charge in [0.15, 0.2) is 0 Å². The molecule has 27 heavy (non-hydrogen) atoms. The summed E-state index contributed by atoms with van der Waals surface area (Å²) in [5.74, 6) is 0.826. The molecule has 4 rings (SSSR count). The van der Waals surface area contributed by atoms with Gasteiger partial charge in [-0.25, -0.2) is 4.68 Å². The van der Waals surface area contributed by atoms with Crippen LogP contribution in [0.1, 0.15) is 32.6 Å². The third-order valence-corrected chi connectivity index (χ3v) is 5.65. The number of rotatable bonds is 4. The molecule has 3 aromatic rings. The molecule has 1 aliphatic heterocycles. The van der Waals surface area contributed by atoms with Gasteiger partial charge in [0.25, 0.3) is 5.56 Å². The molecule has 6 nitrogen and oxygen atoms in total. The van der Waals surface area contributed by atoms with Crippen molar-refractivity contribution in [2.75, 3.05) is 13.1 Å². The van der Waals surface area contributed by atoms with Gasteiger partial charge in [-0.15, -0.1) is 0 Å². The van der Waals surface area contributed by atoms with E-state index in [0.717, 1.165) is 42.2 Å².